The molecule has 2 amide bonds. The van der Waals surface area contributed by atoms with E-state index in [4.69, 9.17) is 0 Å². The van der Waals surface area contributed by atoms with Gasteiger partial charge in [-0.1, -0.05) is 39.0 Å². The summed E-state index contributed by atoms with van der Waals surface area (Å²) in [4.78, 5) is 20.2. The van der Waals surface area contributed by atoms with Crippen LogP contribution in [0.3, 0.4) is 0 Å². The van der Waals surface area contributed by atoms with Crippen molar-refractivity contribution in [3.05, 3.63) is 53.9 Å². The van der Waals surface area contributed by atoms with Gasteiger partial charge in [0, 0.05) is 17.5 Å². The Morgan fingerprint density at radius 2 is 1.88 bits per heavy atom. The molecule has 0 aliphatic rings. The molecule has 1 aromatic heterocycles. The van der Waals surface area contributed by atoms with Crippen molar-refractivity contribution in [1.82, 2.24) is 15.3 Å². The zero-order valence-corrected chi connectivity index (χ0v) is 13.9. The van der Waals surface area contributed by atoms with Crippen molar-refractivity contribution in [3.8, 4) is 0 Å². The van der Waals surface area contributed by atoms with E-state index < -0.39 is 18.0 Å². The molecule has 0 aliphatic carbocycles. The van der Waals surface area contributed by atoms with E-state index in [1.54, 1.807) is 6.07 Å². The number of hydrogen-bond donors (Lipinski definition) is 3. The maximum atomic E-state index is 13.5. The second-order valence-electron chi connectivity index (χ2n) is 6.42. The molecule has 1 heterocycles. The number of carbonyl (C=O) groups is 1. The van der Waals surface area contributed by atoms with Gasteiger partial charge in [0.25, 0.3) is 0 Å². The van der Waals surface area contributed by atoms with Gasteiger partial charge in [-0.15, -0.1) is 0 Å². The lowest BCUT2D eigenvalue weighted by atomic mass is 9.96. The first-order chi connectivity index (χ1) is 11.3. The number of aliphatic hydroxyl groups is 1. The first-order valence-electron chi connectivity index (χ1n) is 7.57. The van der Waals surface area contributed by atoms with E-state index in [0.29, 0.717) is 11.5 Å². The summed E-state index contributed by atoms with van der Waals surface area (Å²) >= 11 is 0. The lowest BCUT2D eigenvalue weighted by Gasteiger charge is -2.16. The summed E-state index contributed by atoms with van der Waals surface area (Å²) in [5, 5.41) is 15.0. The Kier molecular flexibility index (Phi) is 5.46. The third-order valence-corrected chi connectivity index (χ3v) is 3.30. The molecule has 2 aromatic rings. The van der Waals surface area contributed by atoms with Gasteiger partial charge in [-0.25, -0.2) is 19.2 Å². The molecule has 0 spiro atoms. The van der Waals surface area contributed by atoms with Crippen LogP contribution >= 0.6 is 0 Å². The summed E-state index contributed by atoms with van der Waals surface area (Å²) in [6.07, 6.45) is 1.90. The average molecular weight is 332 g/mol. The fourth-order valence-electron chi connectivity index (χ4n) is 2.00. The molecule has 6 nitrogen and oxygen atoms in total. The largest absolute Gasteiger partial charge is 0.386 e. The number of benzene rings is 1. The Balaban J connectivity index is 1.88. The molecule has 0 radical (unpaired) electrons. The van der Waals surface area contributed by atoms with Gasteiger partial charge in [0.1, 0.15) is 11.6 Å². The van der Waals surface area contributed by atoms with Gasteiger partial charge < -0.3 is 15.7 Å². The Morgan fingerprint density at radius 3 is 2.46 bits per heavy atom. The van der Waals surface area contributed by atoms with E-state index in [2.05, 4.69) is 20.6 Å². The highest BCUT2D eigenvalue weighted by molar-refractivity contribution is 5.88. The van der Waals surface area contributed by atoms with E-state index in [-0.39, 0.29) is 17.5 Å². The van der Waals surface area contributed by atoms with E-state index in [1.165, 1.54) is 30.6 Å². The molecule has 0 aliphatic heterocycles. The third kappa shape index (κ3) is 4.73. The number of rotatable bonds is 4. The van der Waals surface area contributed by atoms with Crippen LogP contribution < -0.4 is 10.6 Å². The molecule has 0 saturated heterocycles. The van der Waals surface area contributed by atoms with Crippen LogP contribution in [0.25, 0.3) is 0 Å². The van der Waals surface area contributed by atoms with Crippen molar-refractivity contribution in [2.75, 3.05) is 11.9 Å². The summed E-state index contributed by atoms with van der Waals surface area (Å²) in [6, 6.07) is 5.35. The van der Waals surface area contributed by atoms with E-state index in [0.717, 1.165) is 0 Å². The number of nitrogens with one attached hydrogen (secondary N) is 2. The zero-order chi connectivity index (χ0) is 17.7. The van der Waals surface area contributed by atoms with Crippen LogP contribution in [0.4, 0.5) is 14.9 Å². The molecular formula is C17H21FN4O2. The van der Waals surface area contributed by atoms with Crippen LogP contribution in [-0.4, -0.2) is 27.7 Å². The van der Waals surface area contributed by atoms with Crippen molar-refractivity contribution < 1.29 is 14.3 Å². The van der Waals surface area contributed by atoms with E-state index in [1.807, 2.05) is 20.8 Å². The predicted octanol–water partition coefficient (Wildman–Crippen LogP) is 2.77. The Labute approximate surface area is 140 Å². The van der Waals surface area contributed by atoms with Gasteiger partial charge in [0.05, 0.1) is 24.2 Å². The summed E-state index contributed by atoms with van der Waals surface area (Å²) in [5.74, 6) is 0.154. The maximum Gasteiger partial charge on any atom is 0.319 e. The number of anilines is 1. The van der Waals surface area contributed by atoms with Crippen molar-refractivity contribution >= 4 is 11.7 Å². The molecule has 0 bridgehead atoms. The molecule has 2 rings (SSSR count). The molecule has 1 atom stereocenters. The zero-order valence-electron chi connectivity index (χ0n) is 13.9. The summed E-state index contributed by atoms with van der Waals surface area (Å²) < 4.78 is 13.5. The fraction of sp³-hybridized carbons (Fsp3) is 0.353. The molecule has 7 heteroatoms. The molecule has 128 valence electrons. The number of hydrogen-bond acceptors (Lipinski definition) is 4. The van der Waals surface area contributed by atoms with E-state index in [9.17, 15) is 14.3 Å². The van der Waals surface area contributed by atoms with Crippen molar-refractivity contribution in [2.24, 2.45) is 0 Å². The SMILES string of the molecule is CC(C)(C)c1ncc(NC(=O)NCC(O)c2ccccc2F)cn1. The first-order valence-corrected chi connectivity index (χ1v) is 7.57. The predicted molar refractivity (Wildman–Crippen MR) is 89.1 cm³/mol. The fourth-order valence-corrected chi connectivity index (χ4v) is 2.00. The number of amides is 2. The molecule has 1 aromatic carbocycles. The lowest BCUT2D eigenvalue weighted by molar-refractivity contribution is 0.170. The molecule has 0 fully saturated rings. The second kappa shape index (κ2) is 7.35. The van der Waals surface area contributed by atoms with Crippen LogP contribution in [0.1, 0.15) is 38.3 Å². The quantitative estimate of drug-likeness (QED) is 0.803. The molecular weight excluding hydrogens is 311 g/mol. The van der Waals surface area contributed by atoms with Crippen molar-refractivity contribution in [1.29, 1.82) is 0 Å². The minimum absolute atomic E-state index is 0.117. The van der Waals surface area contributed by atoms with Crippen molar-refractivity contribution in [3.63, 3.8) is 0 Å². The van der Waals surface area contributed by atoms with Crippen LogP contribution in [0.5, 0.6) is 0 Å². The Bertz CT molecular complexity index is 698. The van der Waals surface area contributed by atoms with Crippen LogP contribution in [0.2, 0.25) is 0 Å². The summed E-state index contributed by atoms with van der Waals surface area (Å²) in [7, 11) is 0. The average Bonchev–Trinajstić information content (AvgIpc) is 2.53. The number of carbonyl (C=O) groups excluding carboxylic acids is 1. The molecule has 0 saturated carbocycles. The monoisotopic (exact) mass is 332 g/mol. The number of urea groups is 1. The standard InChI is InChI=1S/C17H21FN4O2/c1-17(2,3)15-19-8-11(9-20-15)22-16(24)21-10-14(23)12-6-4-5-7-13(12)18/h4-9,14,23H,10H2,1-3H3,(H2,21,22,24). The summed E-state index contributed by atoms with van der Waals surface area (Å²) in [6.45, 7) is 5.86. The summed E-state index contributed by atoms with van der Waals surface area (Å²) in [5.41, 5.74) is 0.390. The van der Waals surface area contributed by atoms with Crippen LogP contribution in [-0.2, 0) is 5.41 Å². The molecule has 3 N–H and O–H groups in total. The van der Waals surface area contributed by atoms with Gasteiger partial charge in [0.2, 0.25) is 0 Å². The highest BCUT2D eigenvalue weighted by Crippen LogP contribution is 2.18. The maximum absolute atomic E-state index is 13.5. The van der Waals surface area contributed by atoms with Gasteiger partial charge in [0.15, 0.2) is 0 Å². The van der Waals surface area contributed by atoms with Crippen LogP contribution in [0, 0.1) is 5.82 Å². The topological polar surface area (TPSA) is 87.1 Å². The highest BCUT2D eigenvalue weighted by atomic mass is 19.1. The molecule has 24 heavy (non-hydrogen) atoms. The van der Waals surface area contributed by atoms with Gasteiger partial charge in [-0.05, 0) is 6.07 Å². The Morgan fingerprint density at radius 1 is 1.25 bits per heavy atom. The first kappa shape index (κ1) is 17.8. The van der Waals surface area contributed by atoms with Gasteiger partial charge in [-0.3, -0.25) is 0 Å². The normalized spacial score (nSPS) is 12.5. The van der Waals surface area contributed by atoms with Crippen LogP contribution in [0.15, 0.2) is 36.7 Å². The van der Waals surface area contributed by atoms with E-state index >= 15 is 0 Å². The number of aromatic nitrogens is 2. The number of nitrogens with zero attached hydrogens (tertiary/aromatic N) is 2. The molecule has 1 unspecified atom stereocenters. The minimum Gasteiger partial charge on any atom is -0.386 e. The number of aliphatic hydroxyl groups excluding tert-OH is 1. The van der Waals surface area contributed by atoms with Gasteiger partial charge >= 0.3 is 6.03 Å². The minimum atomic E-state index is -1.13. The third-order valence-electron chi connectivity index (χ3n) is 3.30. The van der Waals surface area contributed by atoms with Crippen molar-refractivity contribution in [2.45, 2.75) is 32.3 Å². The second-order valence-corrected chi connectivity index (χ2v) is 6.42. The highest BCUT2D eigenvalue weighted by Gasteiger charge is 2.17. The smallest absolute Gasteiger partial charge is 0.319 e. The Hall–Kier alpha value is -2.54. The van der Waals surface area contributed by atoms with Gasteiger partial charge in [-0.2, -0.15) is 0 Å². The number of halogens is 1. The lowest BCUT2D eigenvalue weighted by Crippen LogP contribution is -2.32.